The van der Waals surface area contributed by atoms with Crippen molar-refractivity contribution >= 4 is 5.97 Å². The standard InChI is InChI=1S/C26H44O3/c1-3-20-4-6-21(7-5-20)16-22-8-10-23(11-9-22)17-24-12-14-25(15-13-24)18-29-26(28)19(2)27/h20-25,27H,2-18H2,1H3. The summed E-state index contributed by atoms with van der Waals surface area (Å²) in [4.78, 5) is 11.3. The molecule has 0 aromatic carbocycles. The molecule has 0 aromatic rings. The quantitative estimate of drug-likeness (QED) is 0.264. The van der Waals surface area contributed by atoms with Gasteiger partial charge in [0.05, 0.1) is 6.61 Å². The van der Waals surface area contributed by atoms with E-state index in [-0.39, 0.29) is 0 Å². The van der Waals surface area contributed by atoms with E-state index in [1.807, 2.05) is 0 Å². The third-order valence-electron chi connectivity index (χ3n) is 8.50. The van der Waals surface area contributed by atoms with E-state index < -0.39 is 11.7 Å². The van der Waals surface area contributed by atoms with Crippen LogP contribution in [0.1, 0.15) is 103 Å². The van der Waals surface area contributed by atoms with Crippen molar-refractivity contribution in [1.82, 2.24) is 0 Å². The molecule has 1 N–H and O–H groups in total. The van der Waals surface area contributed by atoms with Crippen molar-refractivity contribution in [3.8, 4) is 0 Å². The van der Waals surface area contributed by atoms with Gasteiger partial charge in [0.15, 0.2) is 5.76 Å². The number of aliphatic hydroxyl groups is 1. The van der Waals surface area contributed by atoms with Gasteiger partial charge in [-0.3, -0.25) is 0 Å². The Morgan fingerprint density at radius 3 is 1.41 bits per heavy atom. The van der Waals surface area contributed by atoms with Crippen LogP contribution in [0.3, 0.4) is 0 Å². The first-order valence-corrected chi connectivity index (χ1v) is 12.6. The summed E-state index contributed by atoms with van der Waals surface area (Å²) in [6.45, 7) is 6.03. The SMILES string of the molecule is C=C(O)C(=O)OCC1CCC(CC2CCC(CC3CCC(CC)CC3)CC2)CC1. The molecule has 0 aromatic heterocycles. The van der Waals surface area contributed by atoms with Crippen molar-refractivity contribution in [2.75, 3.05) is 6.61 Å². The predicted octanol–water partition coefficient (Wildman–Crippen LogP) is 7.21. The molecule has 3 heteroatoms. The van der Waals surface area contributed by atoms with E-state index in [2.05, 4.69) is 13.5 Å². The van der Waals surface area contributed by atoms with Crippen molar-refractivity contribution in [3.05, 3.63) is 12.3 Å². The zero-order valence-electron chi connectivity index (χ0n) is 18.7. The van der Waals surface area contributed by atoms with Crippen LogP contribution in [-0.2, 0) is 9.53 Å². The van der Waals surface area contributed by atoms with Crippen LogP contribution in [0.15, 0.2) is 12.3 Å². The molecule has 0 aliphatic heterocycles. The lowest BCUT2D eigenvalue weighted by Gasteiger charge is -2.36. The smallest absolute Gasteiger partial charge is 0.372 e. The topological polar surface area (TPSA) is 46.5 Å². The Hall–Kier alpha value is -0.990. The number of carbonyl (C=O) groups is 1. The van der Waals surface area contributed by atoms with Gasteiger partial charge in [-0.15, -0.1) is 0 Å². The lowest BCUT2D eigenvalue weighted by molar-refractivity contribution is -0.143. The van der Waals surface area contributed by atoms with E-state index in [0.29, 0.717) is 12.5 Å². The summed E-state index contributed by atoms with van der Waals surface area (Å²) in [7, 11) is 0. The third kappa shape index (κ3) is 7.33. The zero-order valence-corrected chi connectivity index (χ0v) is 18.7. The maximum atomic E-state index is 11.3. The molecule has 3 nitrogen and oxygen atoms in total. The molecule has 0 unspecified atom stereocenters. The highest BCUT2D eigenvalue weighted by Crippen LogP contribution is 2.42. The predicted molar refractivity (Wildman–Crippen MR) is 119 cm³/mol. The second-order valence-electron chi connectivity index (χ2n) is 10.6. The average Bonchev–Trinajstić information content (AvgIpc) is 2.75. The Bertz CT molecular complexity index is 504. The highest BCUT2D eigenvalue weighted by Gasteiger charge is 2.29. The first-order chi connectivity index (χ1) is 14.0. The van der Waals surface area contributed by atoms with Gasteiger partial charge in [0.2, 0.25) is 0 Å². The number of hydrogen-bond donors (Lipinski definition) is 1. The molecule has 166 valence electrons. The molecule has 29 heavy (non-hydrogen) atoms. The molecular weight excluding hydrogens is 360 g/mol. The molecule has 3 aliphatic rings. The number of rotatable bonds is 8. The number of aliphatic hydroxyl groups excluding tert-OH is 1. The van der Waals surface area contributed by atoms with Crippen molar-refractivity contribution < 1.29 is 14.6 Å². The molecule has 0 saturated heterocycles. The van der Waals surface area contributed by atoms with E-state index in [9.17, 15) is 4.79 Å². The van der Waals surface area contributed by atoms with Crippen LogP contribution in [0.4, 0.5) is 0 Å². The fourth-order valence-electron chi connectivity index (χ4n) is 6.43. The average molecular weight is 405 g/mol. The van der Waals surface area contributed by atoms with E-state index in [1.165, 1.54) is 83.5 Å². The van der Waals surface area contributed by atoms with Gasteiger partial charge < -0.3 is 9.84 Å². The van der Waals surface area contributed by atoms with Crippen LogP contribution in [0.25, 0.3) is 0 Å². The summed E-state index contributed by atoms with van der Waals surface area (Å²) < 4.78 is 5.13. The monoisotopic (exact) mass is 404 g/mol. The molecule has 0 amide bonds. The maximum absolute atomic E-state index is 11.3. The van der Waals surface area contributed by atoms with Crippen LogP contribution in [0, 0.1) is 35.5 Å². The number of esters is 1. The molecule has 3 fully saturated rings. The van der Waals surface area contributed by atoms with Crippen LogP contribution >= 0.6 is 0 Å². The molecule has 3 saturated carbocycles. The summed E-state index contributed by atoms with van der Waals surface area (Å²) in [5.74, 6) is 4.23. The van der Waals surface area contributed by atoms with Crippen molar-refractivity contribution in [2.24, 2.45) is 35.5 Å². The molecule has 3 rings (SSSR count). The summed E-state index contributed by atoms with van der Waals surface area (Å²) in [5.41, 5.74) is 0. The Morgan fingerprint density at radius 1 is 0.724 bits per heavy atom. The summed E-state index contributed by atoms with van der Waals surface area (Å²) >= 11 is 0. The lowest BCUT2D eigenvalue weighted by Crippen LogP contribution is -2.24. The zero-order chi connectivity index (χ0) is 20.6. The first-order valence-electron chi connectivity index (χ1n) is 12.6. The fraction of sp³-hybridized carbons (Fsp3) is 0.885. The van der Waals surface area contributed by atoms with Gasteiger partial charge in [0, 0.05) is 0 Å². The van der Waals surface area contributed by atoms with Gasteiger partial charge in [-0.2, -0.15) is 0 Å². The second kappa shape index (κ2) is 11.4. The fourth-order valence-corrected chi connectivity index (χ4v) is 6.43. The second-order valence-corrected chi connectivity index (χ2v) is 10.6. The molecule has 0 bridgehead atoms. The lowest BCUT2D eigenvalue weighted by atomic mass is 9.70. The van der Waals surface area contributed by atoms with Crippen molar-refractivity contribution in [3.63, 3.8) is 0 Å². The van der Waals surface area contributed by atoms with Gasteiger partial charge in [-0.25, -0.2) is 4.79 Å². The molecule has 0 spiro atoms. The highest BCUT2D eigenvalue weighted by molar-refractivity contribution is 5.84. The molecule has 0 atom stereocenters. The van der Waals surface area contributed by atoms with Crippen molar-refractivity contribution in [1.29, 1.82) is 0 Å². The van der Waals surface area contributed by atoms with Gasteiger partial charge in [-0.05, 0) is 67.8 Å². The molecule has 0 radical (unpaired) electrons. The van der Waals surface area contributed by atoms with Gasteiger partial charge >= 0.3 is 5.97 Å². The van der Waals surface area contributed by atoms with Gasteiger partial charge in [0.1, 0.15) is 0 Å². The van der Waals surface area contributed by atoms with Crippen LogP contribution in [-0.4, -0.2) is 17.7 Å². The number of carbonyl (C=O) groups excluding carboxylic acids is 1. The van der Waals surface area contributed by atoms with E-state index in [4.69, 9.17) is 9.84 Å². The van der Waals surface area contributed by atoms with Crippen LogP contribution in [0.2, 0.25) is 0 Å². The van der Waals surface area contributed by atoms with Gasteiger partial charge in [-0.1, -0.05) is 77.6 Å². The number of hydrogen-bond acceptors (Lipinski definition) is 3. The van der Waals surface area contributed by atoms with E-state index in [0.717, 1.165) is 42.4 Å². The maximum Gasteiger partial charge on any atom is 0.372 e. The Labute approximate surface area is 178 Å². The highest BCUT2D eigenvalue weighted by atomic mass is 16.5. The third-order valence-corrected chi connectivity index (χ3v) is 8.50. The van der Waals surface area contributed by atoms with Crippen LogP contribution in [0.5, 0.6) is 0 Å². The van der Waals surface area contributed by atoms with E-state index >= 15 is 0 Å². The summed E-state index contributed by atoms with van der Waals surface area (Å²) in [5, 5.41) is 9.04. The Kier molecular flexibility index (Phi) is 8.93. The van der Waals surface area contributed by atoms with Crippen molar-refractivity contribution in [2.45, 2.75) is 103 Å². The minimum absolute atomic E-state index is 0.441. The molecule has 3 aliphatic carbocycles. The summed E-state index contributed by atoms with van der Waals surface area (Å²) in [6, 6.07) is 0. The minimum atomic E-state index is -0.665. The number of ether oxygens (including phenoxy) is 1. The minimum Gasteiger partial charge on any atom is -0.502 e. The molecule has 0 heterocycles. The van der Waals surface area contributed by atoms with E-state index in [1.54, 1.807) is 0 Å². The largest absolute Gasteiger partial charge is 0.502 e. The Morgan fingerprint density at radius 2 is 1.07 bits per heavy atom. The molecular formula is C26H44O3. The first kappa shape index (κ1) is 22.7. The normalized spacial score (nSPS) is 35.8. The van der Waals surface area contributed by atoms with Crippen LogP contribution < -0.4 is 0 Å². The Balaban J connectivity index is 1.27. The van der Waals surface area contributed by atoms with Gasteiger partial charge in [0.25, 0.3) is 0 Å². The summed E-state index contributed by atoms with van der Waals surface area (Å²) in [6.07, 6.45) is 21.1.